The summed E-state index contributed by atoms with van der Waals surface area (Å²) in [5.41, 5.74) is 10.8. The summed E-state index contributed by atoms with van der Waals surface area (Å²) in [6, 6.07) is 72.9. The van der Waals surface area contributed by atoms with Crippen molar-refractivity contribution in [3.8, 4) is 62.1 Å². The van der Waals surface area contributed by atoms with E-state index in [1.54, 1.807) is 0 Å². The van der Waals surface area contributed by atoms with Crippen LogP contribution in [0.3, 0.4) is 0 Å². The SMILES string of the molecule is c1ccc(-c2cccc(-c3nc(-c4ccc5ccccc5c4)nc(-c4cc(-n5c6ccccc6c6cc(-c7ccccc7)ccc65)c5ccccc5c4)n3)c2)cc1. The molecule has 0 atom stereocenters. The van der Waals surface area contributed by atoms with Crippen molar-refractivity contribution in [2.45, 2.75) is 0 Å². The molecule has 0 fully saturated rings. The van der Waals surface area contributed by atoms with E-state index in [2.05, 4.69) is 205 Å². The van der Waals surface area contributed by atoms with Crippen LogP contribution in [0.1, 0.15) is 0 Å². The number of para-hydroxylation sites is 1. The molecule has 0 saturated heterocycles. The highest BCUT2D eigenvalue weighted by atomic mass is 15.0. The van der Waals surface area contributed by atoms with Gasteiger partial charge in [-0.15, -0.1) is 0 Å². The fourth-order valence-corrected chi connectivity index (χ4v) is 8.21. The molecular weight excluding hydrogens is 693 g/mol. The van der Waals surface area contributed by atoms with Gasteiger partial charge in [-0.3, -0.25) is 0 Å². The van der Waals surface area contributed by atoms with E-state index < -0.39 is 0 Å². The third-order valence-electron chi connectivity index (χ3n) is 11.0. The van der Waals surface area contributed by atoms with E-state index in [0.717, 1.165) is 60.7 Å². The van der Waals surface area contributed by atoms with Crippen LogP contribution < -0.4 is 0 Å². The molecule has 9 aromatic carbocycles. The maximum Gasteiger partial charge on any atom is 0.164 e. The van der Waals surface area contributed by atoms with Crippen molar-refractivity contribution < 1.29 is 0 Å². The standard InChI is InChI=1S/C53H34N4/c1-3-14-35(15-4-1)39-21-13-22-42(30-39)51-54-52(43-27-26-37-18-7-8-19-38(37)31-43)56-53(55-51)44-32-41-20-9-10-23-45(41)50(34-44)57-48-25-12-11-24-46(48)47-33-40(28-29-49(47)57)36-16-5-2-6-17-36/h1-34H. The summed E-state index contributed by atoms with van der Waals surface area (Å²) in [6.07, 6.45) is 0. The number of fused-ring (bicyclic) bond motifs is 5. The van der Waals surface area contributed by atoms with Crippen molar-refractivity contribution in [3.63, 3.8) is 0 Å². The van der Waals surface area contributed by atoms with Gasteiger partial charge in [-0.05, 0) is 80.9 Å². The Balaban J connectivity index is 1.15. The predicted octanol–water partition coefficient (Wildman–Crippen LogP) is 13.6. The van der Waals surface area contributed by atoms with E-state index in [-0.39, 0.29) is 0 Å². The Bertz CT molecular complexity index is 3290. The number of rotatable bonds is 6. The largest absolute Gasteiger partial charge is 0.309 e. The lowest BCUT2D eigenvalue weighted by atomic mass is 10.0. The fraction of sp³-hybridized carbons (Fsp3) is 0. The van der Waals surface area contributed by atoms with Gasteiger partial charge < -0.3 is 4.57 Å². The lowest BCUT2D eigenvalue weighted by molar-refractivity contribution is 1.07. The third-order valence-corrected chi connectivity index (χ3v) is 11.0. The van der Waals surface area contributed by atoms with Gasteiger partial charge in [0.1, 0.15) is 0 Å². The second-order valence-corrected chi connectivity index (χ2v) is 14.5. The van der Waals surface area contributed by atoms with E-state index in [0.29, 0.717) is 17.5 Å². The number of hydrogen-bond acceptors (Lipinski definition) is 3. The molecule has 0 aliphatic rings. The molecule has 0 unspecified atom stereocenters. The number of aromatic nitrogens is 4. The molecule has 0 N–H and O–H groups in total. The molecule has 2 aromatic heterocycles. The molecule has 11 rings (SSSR count). The van der Waals surface area contributed by atoms with Crippen molar-refractivity contribution in [3.05, 3.63) is 206 Å². The highest BCUT2D eigenvalue weighted by Crippen LogP contribution is 2.39. The smallest absolute Gasteiger partial charge is 0.164 e. The second kappa shape index (κ2) is 13.6. The van der Waals surface area contributed by atoms with Crippen LogP contribution in [0, 0.1) is 0 Å². The van der Waals surface area contributed by atoms with Crippen molar-refractivity contribution in [1.82, 2.24) is 19.5 Å². The minimum Gasteiger partial charge on any atom is -0.309 e. The molecule has 11 aromatic rings. The zero-order valence-electron chi connectivity index (χ0n) is 30.9. The molecule has 2 heterocycles. The van der Waals surface area contributed by atoms with Crippen LogP contribution >= 0.6 is 0 Å². The molecular formula is C53H34N4. The van der Waals surface area contributed by atoms with E-state index in [1.165, 1.54) is 27.3 Å². The van der Waals surface area contributed by atoms with Crippen LogP contribution in [-0.2, 0) is 0 Å². The molecule has 266 valence electrons. The Kier molecular flexibility index (Phi) is 7.78. The highest BCUT2D eigenvalue weighted by molar-refractivity contribution is 6.12. The molecule has 0 aliphatic heterocycles. The molecule has 4 heteroatoms. The van der Waals surface area contributed by atoms with Gasteiger partial charge >= 0.3 is 0 Å². The Morgan fingerprint density at radius 3 is 1.53 bits per heavy atom. The summed E-state index contributed by atoms with van der Waals surface area (Å²) in [6.45, 7) is 0. The molecule has 0 radical (unpaired) electrons. The summed E-state index contributed by atoms with van der Waals surface area (Å²) < 4.78 is 2.40. The molecule has 0 saturated carbocycles. The molecule has 0 aliphatic carbocycles. The monoisotopic (exact) mass is 726 g/mol. The molecule has 57 heavy (non-hydrogen) atoms. The van der Waals surface area contributed by atoms with E-state index in [9.17, 15) is 0 Å². The summed E-state index contributed by atoms with van der Waals surface area (Å²) in [4.78, 5) is 15.7. The minimum atomic E-state index is 0.618. The first kappa shape index (κ1) is 32.7. The Labute approximate surface area is 330 Å². The van der Waals surface area contributed by atoms with Crippen LogP contribution in [0.5, 0.6) is 0 Å². The van der Waals surface area contributed by atoms with Crippen LogP contribution in [0.2, 0.25) is 0 Å². The summed E-state index contributed by atoms with van der Waals surface area (Å²) in [5, 5.41) is 6.99. The van der Waals surface area contributed by atoms with Gasteiger partial charge in [0.25, 0.3) is 0 Å². The molecule has 0 bridgehead atoms. The van der Waals surface area contributed by atoms with Crippen molar-refractivity contribution in [2.24, 2.45) is 0 Å². The van der Waals surface area contributed by atoms with Gasteiger partial charge in [-0.2, -0.15) is 0 Å². The fourth-order valence-electron chi connectivity index (χ4n) is 8.21. The van der Waals surface area contributed by atoms with Gasteiger partial charge in [0.15, 0.2) is 17.5 Å². The first-order valence-electron chi connectivity index (χ1n) is 19.3. The third kappa shape index (κ3) is 5.83. The number of benzene rings is 9. The average molecular weight is 727 g/mol. The van der Waals surface area contributed by atoms with E-state index >= 15 is 0 Å². The zero-order valence-corrected chi connectivity index (χ0v) is 30.9. The Morgan fingerprint density at radius 2 is 0.772 bits per heavy atom. The van der Waals surface area contributed by atoms with Gasteiger partial charge in [-0.1, -0.05) is 164 Å². The topological polar surface area (TPSA) is 43.6 Å². The molecule has 4 nitrogen and oxygen atoms in total. The number of hydrogen-bond donors (Lipinski definition) is 0. The van der Waals surface area contributed by atoms with Crippen LogP contribution in [0.25, 0.3) is 105 Å². The van der Waals surface area contributed by atoms with Crippen molar-refractivity contribution >= 4 is 43.4 Å². The van der Waals surface area contributed by atoms with E-state index in [1.807, 2.05) is 6.07 Å². The maximum atomic E-state index is 5.26. The molecule has 0 spiro atoms. The first-order valence-corrected chi connectivity index (χ1v) is 19.3. The van der Waals surface area contributed by atoms with Gasteiger partial charge in [0, 0.05) is 32.8 Å². The second-order valence-electron chi connectivity index (χ2n) is 14.5. The maximum absolute atomic E-state index is 5.26. The van der Waals surface area contributed by atoms with Gasteiger partial charge in [0.2, 0.25) is 0 Å². The average Bonchev–Trinajstić information content (AvgIpc) is 3.62. The summed E-state index contributed by atoms with van der Waals surface area (Å²) in [7, 11) is 0. The van der Waals surface area contributed by atoms with Gasteiger partial charge in [-0.25, -0.2) is 15.0 Å². The zero-order chi connectivity index (χ0) is 37.7. The van der Waals surface area contributed by atoms with Gasteiger partial charge in [0.05, 0.1) is 16.7 Å². The quantitative estimate of drug-likeness (QED) is 0.171. The number of nitrogens with zero attached hydrogens (tertiary/aromatic N) is 4. The highest BCUT2D eigenvalue weighted by Gasteiger charge is 2.19. The summed E-state index contributed by atoms with van der Waals surface area (Å²) >= 11 is 0. The lowest BCUT2D eigenvalue weighted by Gasteiger charge is -2.15. The van der Waals surface area contributed by atoms with Crippen molar-refractivity contribution in [2.75, 3.05) is 0 Å². The van der Waals surface area contributed by atoms with Crippen molar-refractivity contribution in [1.29, 1.82) is 0 Å². The van der Waals surface area contributed by atoms with Crippen LogP contribution in [-0.4, -0.2) is 19.5 Å². The lowest BCUT2D eigenvalue weighted by Crippen LogP contribution is -2.02. The normalized spacial score (nSPS) is 11.5. The van der Waals surface area contributed by atoms with E-state index in [4.69, 9.17) is 15.0 Å². The first-order chi connectivity index (χ1) is 28.2. The van der Waals surface area contributed by atoms with Crippen LogP contribution in [0.4, 0.5) is 0 Å². The summed E-state index contributed by atoms with van der Waals surface area (Å²) in [5.74, 6) is 1.87. The predicted molar refractivity (Wildman–Crippen MR) is 236 cm³/mol. The van der Waals surface area contributed by atoms with Crippen LogP contribution in [0.15, 0.2) is 206 Å². The molecule has 0 amide bonds. The Hall–Kier alpha value is -7.69. The Morgan fingerprint density at radius 1 is 0.263 bits per heavy atom. The minimum absolute atomic E-state index is 0.618.